The molecule has 6 heteroatoms. The molecule has 0 unspecified atom stereocenters. The Morgan fingerprint density at radius 3 is 2.57 bits per heavy atom. The molecule has 0 aromatic heterocycles. The van der Waals surface area contributed by atoms with E-state index in [1.807, 2.05) is 19.9 Å². The molecule has 1 amide bonds. The van der Waals surface area contributed by atoms with E-state index < -0.39 is 10.0 Å². The van der Waals surface area contributed by atoms with Gasteiger partial charge in [0.1, 0.15) is 0 Å². The SMILES string of the molecule is CCCCNC(=O)CN(C)S(=O)(=O)c1cc(C)ccc1C. The summed E-state index contributed by atoms with van der Waals surface area (Å²) in [6.07, 6.45) is 1.87. The Bertz CT molecular complexity index is 597. The van der Waals surface area contributed by atoms with Crippen molar-refractivity contribution in [3.63, 3.8) is 0 Å². The number of unbranched alkanes of at least 4 members (excludes halogenated alkanes) is 1. The Morgan fingerprint density at radius 1 is 1.29 bits per heavy atom. The lowest BCUT2D eigenvalue weighted by Gasteiger charge is -2.18. The Kier molecular flexibility index (Phi) is 6.36. The number of nitrogens with zero attached hydrogens (tertiary/aromatic N) is 1. The van der Waals surface area contributed by atoms with E-state index in [1.54, 1.807) is 19.1 Å². The molecular weight excluding hydrogens is 288 g/mol. The molecule has 1 aromatic carbocycles. The van der Waals surface area contributed by atoms with Crippen molar-refractivity contribution < 1.29 is 13.2 Å². The van der Waals surface area contributed by atoms with Crippen molar-refractivity contribution >= 4 is 15.9 Å². The van der Waals surface area contributed by atoms with Crippen molar-refractivity contribution in [2.24, 2.45) is 0 Å². The summed E-state index contributed by atoms with van der Waals surface area (Å²) < 4.78 is 26.1. The molecular formula is C15H24N2O3S. The van der Waals surface area contributed by atoms with E-state index >= 15 is 0 Å². The monoisotopic (exact) mass is 312 g/mol. The van der Waals surface area contributed by atoms with E-state index in [9.17, 15) is 13.2 Å². The molecule has 0 spiro atoms. The molecule has 0 bridgehead atoms. The molecule has 0 aliphatic heterocycles. The summed E-state index contributed by atoms with van der Waals surface area (Å²) >= 11 is 0. The van der Waals surface area contributed by atoms with Gasteiger partial charge < -0.3 is 5.32 Å². The number of carbonyl (C=O) groups is 1. The first kappa shape index (κ1) is 17.7. The molecule has 1 aromatic rings. The summed E-state index contributed by atoms with van der Waals surface area (Å²) in [6, 6.07) is 5.28. The molecule has 0 aliphatic rings. The van der Waals surface area contributed by atoms with Gasteiger partial charge in [-0.05, 0) is 37.5 Å². The number of hydrogen-bond donors (Lipinski definition) is 1. The fraction of sp³-hybridized carbons (Fsp3) is 0.533. The number of carbonyl (C=O) groups excluding carboxylic acids is 1. The summed E-state index contributed by atoms with van der Waals surface area (Å²) in [5.41, 5.74) is 1.55. The Labute approximate surface area is 127 Å². The molecule has 0 heterocycles. The first-order valence-electron chi connectivity index (χ1n) is 7.09. The fourth-order valence-corrected chi connectivity index (χ4v) is 3.33. The minimum Gasteiger partial charge on any atom is -0.355 e. The molecule has 1 rings (SSSR count). The number of rotatable bonds is 7. The highest BCUT2D eigenvalue weighted by atomic mass is 32.2. The number of aryl methyl sites for hydroxylation is 2. The minimum atomic E-state index is -3.65. The van der Waals surface area contributed by atoms with Gasteiger partial charge in [-0.15, -0.1) is 0 Å². The Hall–Kier alpha value is -1.40. The molecule has 0 radical (unpaired) electrons. The van der Waals surface area contributed by atoms with Gasteiger partial charge in [0.2, 0.25) is 15.9 Å². The zero-order valence-electron chi connectivity index (χ0n) is 13.1. The summed E-state index contributed by atoms with van der Waals surface area (Å²) in [6.45, 7) is 6.03. The third kappa shape index (κ3) is 4.82. The summed E-state index contributed by atoms with van der Waals surface area (Å²) in [4.78, 5) is 12.0. The van der Waals surface area contributed by atoms with Gasteiger partial charge in [-0.1, -0.05) is 25.5 Å². The molecule has 118 valence electrons. The van der Waals surface area contributed by atoms with Crippen LogP contribution in [0, 0.1) is 13.8 Å². The topological polar surface area (TPSA) is 66.5 Å². The maximum Gasteiger partial charge on any atom is 0.243 e. The van der Waals surface area contributed by atoms with Crippen LogP contribution >= 0.6 is 0 Å². The lowest BCUT2D eigenvalue weighted by molar-refractivity contribution is -0.121. The summed E-state index contributed by atoms with van der Waals surface area (Å²) in [5, 5.41) is 2.72. The third-order valence-electron chi connectivity index (χ3n) is 3.25. The normalized spacial score (nSPS) is 11.7. The van der Waals surface area contributed by atoms with Crippen LogP contribution in [0.1, 0.15) is 30.9 Å². The predicted octanol–water partition coefficient (Wildman–Crippen LogP) is 1.84. The minimum absolute atomic E-state index is 0.167. The van der Waals surface area contributed by atoms with Gasteiger partial charge in [0, 0.05) is 13.6 Å². The number of hydrogen-bond acceptors (Lipinski definition) is 3. The lowest BCUT2D eigenvalue weighted by atomic mass is 10.2. The first-order valence-corrected chi connectivity index (χ1v) is 8.53. The van der Waals surface area contributed by atoms with Gasteiger partial charge in [-0.3, -0.25) is 4.79 Å². The number of benzene rings is 1. The average Bonchev–Trinajstić information content (AvgIpc) is 2.41. The molecule has 1 N–H and O–H groups in total. The largest absolute Gasteiger partial charge is 0.355 e. The number of nitrogens with one attached hydrogen (secondary N) is 1. The molecule has 0 fully saturated rings. The Balaban J connectivity index is 2.82. The third-order valence-corrected chi connectivity index (χ3v) is 5.20. The van der Waals surface area contributed by atoms with Crippen LogP contribution < -0.4 is 5.32 Å². The molecule has 0 saturated heterocycles. The van der Waals surface area contributed by atoms with Crippen molar-refractivity contribution in [2.75, 3.05) is 20.1 Å². The van der Waals surface area contributed by atoms with Crippen LogP contribution in [0.2, 0.25) is 0 Å². The molecule has 0 aliphatic carbocycles. The quantitative estimate of drug-likeness (QED) is 0.781. The van der Waals surface area contributed by atoms with Crippen LogP contribution in [0.15, 0.2) is 23.1 Å². The standard InChI is InChI=1S/C15H24N2O3S/c1-5-6-9-16-15(18)11-17(4)21(19,20)14-10-12(2)7-8-13(14)3/h7-8,10H,5-6,9,11H2,1-4H3,(H,16,18). The van der Waals surface area contributed by atoms with E-state index in [0.29, 0.717) is 12.1 Å². The van der Waals surface area contributed by atoms with E-state index in [1.165, 1.54) is 7.05 Å². The number of amides is 1. The fourth-order valence-electron chi connectivity index (χ4n) is 1.90. The zero-order chi connectivity index (χ0) is 16.0. The van der Waals surface area contributed by atoms with E-state index in [0.717, 1.165) is 22.7 Å². The van der Waals surface area contributed by atoms with Crippen molar-refractivity contribution in [3.8, 4) is 0 Å². The maximum atomic E-state index is 12.5. The van der Waals surface area contributed by atoms with Crippen LogP contribution in [-0.4, -0.2) is 38.8 Å². The second-order valence-electron chi connectivity index (χ2n) is 5.23. The van der Waals surface area contributed by atoms with Crippen LogP contribution in [0.5, 0.6) is 0 Å². The lowest BCUT2D eigenvalue weighted by Crippen LogP contribution is -2.38. The first-order chi connectivity index (χ1) is 9.78. The van der Waals surface area contributed by atoms with Crippen molar-refractivity contribution in [1.82, 2.24) is 9.62 Å². The Morgan fingerprint density at radius 2 is 1.95 bits per heavy atom. The molecule has 0 atom stereocenters. The van der Waals surface area contributed by atoms with Gasteiger partial charge in [0.15, 0.2) is 0 Å². The van der Waals surface area contributed by atoms with Gasteiger partial charge >= 0.3 is 0 Å². The van der Waals surface area contributed by atoms with Crippen LogP contribution in [0.4, 0.5) is 0 Å². The van der Waals surface area contributed by atoms with Gasteiger partial charge in [0.25, 0.3) is 0 Å². The summed E-state index contributed by atoms with van der Waals surface area (Å²) in [7, 11) is -2.22. The number of sulfonamides is 1. The van der Waals surface area contributed by atoms with Crippen LogP contribution in [-0.2, 0) is 14.8 Å². The van der Waals surface area contributed by atoms with Crippen LogP contribution in [0.25, 0.3) is 0 Å². The zero-order valence-corrected chi connectivity index (χ0v) is 14.0. The highest BCUT2D eigenvalue weighted by Gasteiger charge is 2.24. The van der Waals surface area contributed by atoms with Crippen LogP contribution in [0.3, 0.4) is 0 Å². The van der Waals surface area contributed by atoms with Gasteiger partial charge in [0.05, 0.1) is 11.4 Å². The highest BCUT2D eigenvalue weighted by Crippen LogP contribution is 2.20. The van der Waals surface area contributed by atoms with Gasteiger partial charge in [-0.25, -0.2) is 8.42 Å². The number of likely N-dealkylation sites (N-methyl/N-ethyl adjacent to an activating group) is 1. The molecule has 5 nitrogen and oxygen atoms in total. The van der Waals surface area contributed by atoms with E-state index in [2.05, 4.69) is 5.32 Å². The molecule has 21 heavy (non-hydrogen) atoms. The second kappa shape index (κ2) is 7.56. The van der Waals surface area contributed by atoms with Crippen molar-refractivity contribution in [2.45, 2.75) is 38.5 Å². The van der Waals surface area contributed by atoms with Gasteiger partial charge in [-0.2, -0.15) is 4.31 Å². The molecule has 0 saturated carbocycles. The second-order valence-corrected chi connectivity index (χ2v) is 7.25. The maximum absolute atomic E-state index is 12.5. The van der Waals surface area contributed by atoms with E-state index in [-0.39, 0.29) is 17.3 Å². The van der Waals surface area contributed by atoms with E-state index in [4.69, 9.17) is 0 Å². The average molecular weight is 312 g/mol. The predicted molar refractivity (Wildman–Crippen MR) is 83.6 cm³/mol. The summed E-state index contributed by atoms with van der Waals surface area (Å²) in [5.74, 6) is -0.278. The van der Waals surface area contributed by atoms with Crippen molar-refractivity contribution in [1.29, 1.82) is 0 Å². The highest BCUT2D eigenvalue weighted by molar-refractivity contribution is 7.89. The van der Waals surface area contributed by atoms with Crippen molar-refractivity contribution in [3.05, 3.63) is 29.3 Å². The smallest absolute Gasteiger partial charge is 0.243 e.